The first-order valence-electron chi connectivity index (χ1n) is 6.23. The number of nitro benzene ring substituents is 1. The van der Waals surface area contributed by atoms with Crippen LogP contribution < -0.4 is 10.5 Å². The molecule has 1 amide bonds. The fourth-order valence-corrected chi connectivity index (χ4v) is 1.66. The van der Waals surface area contributed by atoms with Crippen LogP contribution in [0.2, 0.25) is 0 Å². The van der Waals surface area contributed by atoms with E-state index < -0.39 is 16.6 Å². The van der Waals surface area contributed by atoms with Crippen molar-refractivity contribution in [1.29, 1.82) is 0 Å². The van der Waals surface area contributed by atoms with Crippen LogP contribution in [0.4, 0.5) is 5.69 Å². The molecule has 0 atom stereocenters. The van der Waals surface area contributed by atoms with Crippen molar-refractivity contribution in [2.24, 2.45) is 5.10 Å². The van der Waals surface area contributed by atoms with Crippen LogP contribution in [0.3, 0.4) is 0 Å². The Morgan fingerprint density at radius 2 is 2.27 bits per heavy atom. The van der Waals surface area contributed by atoms with Gasteiger partial charge in [0.05, 0.1) is 16.8 Å². The van der Waals surface area contributed by atoms with Crippen molar-refractivity contribution in [3.05, 3.63) is 51.8 Å². The van der Waals surface area contributed by atoms with Gasteiger partial charge in [-0.1, -0.05) is 11.8 Å². The van der Waals surface area contributed by atoms with E-state index >= 15 is 0 Å². The predicted molar refractivity (Wildman–Crippen MR) is 75.2 cm³/mol. The van der Waals surface area contributed by atoms with E-state index in [1.54, 1.807) is 19.2 Å². The second-order valence-electron chi connectivity index (χ2n) is 4.43. The Labute approximate surface area is 125 Å². The number of amides is 1. The molecule has 9 heteroatoms. The molecule has 1 N–H and O–H groups in total. The minimum atomic E-state index is -0.616. The van der Waals surface area contributed by atoms with Crippen LogP contribution in [0, 0.1) is 17.0 Å². The molecule has 0 aliphatic heterocycles. The van der Waals surface area contributed by atoms with Gasteiger partial charge in [-0.2, -0.15) is 10.2 Å². The topological polar surface area (TPSA) is 125 Å². The van der Waals surface area contributed by atoms with Gasteiger partial charge in [0.25, 0.3) is 11.6 Å². The highest BCUT2D eigenvalue weighted by Crippen LogP contribution is 2.18. The van der Waals surface area contributed by atoms with Crippen molar-refractivity contribution in [2.45, 2.75) is 13.5 Å². The number of carbonyl (C=O) groups excluding carboxylic acids is 1. The Morgan fingerprint density at radius 3 is 2.91 bits per heavy atom. The van der Waals surface area contributed by atoms with Gasteiger partial charge in [-0.05, 0) is 18.6 Å². The van der Waals surface area contributed by atoms with Gasteiger partial charge in [0.15, 0.2) is 0 Å². The number of carbonyl (C=O) groups is 1. The number of aryl methyl sites for hydroxylation is 1. The Hall–Kier alpha value is -3.23. The van der Waals surface area contributed by atoms with Gasteiger partial charge in [-0.25, -0.2) is 5.43 Å². The minimum Gasteiger partial charge on any atom is -0.872 e. The van der Waals surface area contributed by atoms with E-state index in [1.807, 2.05) is 0 Å². The lowest BCUT2D eigenvalue weighted by molar-refractivity contribution is -0.385. The van der Waals surface area contributed by atoms with Crippen molar-refractivity contribution in [1.82, 2.24) is 15.2 Å². The van der Waals surface area contributed by atoms with Crippen LogP contribution in [0.5, 0.6) is 5.75 Å². The van der Waals surface area contributed by atoms with Crippen LogP contribution in [-0.4, -0.2) is 26.8 Å². The summed E-state index contributed by atoms with van der Waals surface area (Å²) in [6.07, 6.45) is 2.72. The van der Waals surface area contributed by atoms with Gasteiger partial charge in [0, 0.05) is 18.3 Å². The number of hydrazone groups is 1. The van der Waals surface area contributed by atoms with E-state index in [-0.39, 0.29) is 17.8 Å². The van der Waals surface area contributed by atoms with Gasteiger partial charge in [-0.3, -0.25) is 19.6 Å². The average molecular weight is 302 g/mol. The molecule has 0 aliphatic rings. The van der Waals surface area contributed by atoms with Crippen LogP contribution in [0.15, 0.2) is 35.6 Å². The minimum absolute atomic E-state index is 0.0180. The first-order chi connectivity index (χ1) is 10.5. The van der Waals surface area contributed by atoms with Crippen molar-refractivity contribution in [3.8, 4) is 5.75 Å². The number of non-ortho nitro benzene ring substituents is 1. The van der Waals surface area contributed by atoms with E-state index in [4.69, 9.17) is 0 Å². The van der Waals surface area contributed by atoms with E-state index in [0.717, 1.165) is 30.1 Å². The number of nitrogens with zero attached hydrogens (tertiary/aromatic N) is 4. The highest BCUT2D eigenvalue weighted by Gasteiger charge is 2.06. The zero-order valence-corrected chi connectivity index (χ0v) is 11.6. The third-order valence-electron chi connectivity index (χ3n) is 2.68. The molecule has 1 heterocycles. The summed E-state index contributed by atoms with van der Waals surface area (Å²) in [5, 5.41) is 29.8. The summed E-state index contributed by atoms with van der Waals surface area (Å²) in [6.45, 7) is 1.77. The van der Waals surface area contributed by atoms with Gasteiger partial charge >= 0.3 is 0 Å². The second-order valence-corrected chi connectivity index (χ2v) is 4.43. The molecule has 1 aromatic heterocycles. The highest BCUT2D eigenvalue weighted by atomic mass is 16.6. The molecule has 114 valence electrons. The molecule has 0 saturated carbocycles. The molecule has 1 aromatic carbocycles. The molecule has 0 fully saturated rings. The summed E-state index contributed by atoms with van der Waals surface area (Å²) < 4.78 is 1.44. The maximum absolute atomic E-state index is 11.6. The molecule has 22 heavy (non-hydrogen) atoms. The standard InChI is InChI=1S/C13H13N5O4/c1-9-4-5-17(16-9)8-13(20)15-14-7-10-6-11(18(21)22)2-3-12(10)19/h2-7,19H,8H2,1H3,(H,15,20)/p-1/b14-7-. The lowest BCUT2D eigenvalue weighted by Gasteiger charge is -2.08. The van der Waals surface area contributed by atoms with Gasteiger partial charge < -0.3 is 5.11 Å². The predicted octanol–water partition coefficient (Wildman–Crippen LogP) is 0.324. The summed E-state index contributed by atoms with van der Waals surface area (Å²) in [7, 11) is 0. The molecule has 9 nitrogen and oxygen atoms in total. The fourth-order valence-electron chi connectivity index (χ4n) is 1.66. The maximum atomic E-state index is 11.6. The lowest BCUT2D eigenvalue weighted by Crippen LogP contribution is -2.23. The van der Waals surface area contributed by atoms with Crippen LogP contribution in [0.1, 0.15) is 11.3 Å². The van der Waals surface area contributed by atoms with Crippen molar-refractivity contribution in [2.75, 3.05) is 0 Å². The molecule has 0 bridgehead atoms. The largest absolute Gasteiger partial charge is 0.872 e. The van der Waals surface area contributed by atoms with Gasteiger partial charge in [0.2, 0.25) is 0 Å². The molecule has 0 unspecified atom stereocenters. The molecule has 2 rings (SSSR count). The first kappa shape index (κ1) is 15.2. The Kier molecular flexibility index (Phi) is 4.47. The van der Waals surface area contributed by atoms with Crippen molar-refractivity contribution >= 4 is 17.8 Å². The summed E-state index contributed by atoms with van der Waals surface area (Å²) in [5.41, 5.74) is 2.80. The fraction of sp³-hybridized carbons (Fsp3) is 0.154. The normalized spacial score (nSPS) is 10.8. The lowest BCUT2D eigenvalue weighted by atomic mass is 10.2. The Balaban J connectivity index is 1.98. The Bertz CT molecular complexity index is 738. The van der Waals surface area contributed by atoms with Crippen molar-refractivity contribution in [3.63, 3.8) is 0 Å². The molecule has 0 spiro atoms. The molecule has 0 saturated heterocycles. The zero-order chi connectivity index (χ0) is 16.1. The number of nitro groups is 1. The molecule has 0 aliphatic carbocycles. The summed E-state index contributed by atoms with van der Waals surface area (Å²) in [5.74, 6) is -0.858. The maximum Gasteiger partial charge on any atom is 0.270 e. The van der Waals surface area contributed by atoms with E-state index in [1.165, 1.54) is 4.68 Å². The molecule has 2 aromatic rings. The third kappa shape index (κ3) is 3.88. The Morgan fingerprint density at radius 1 is 1.50 bits per heavy atom. The molecular formula is C13H12N5O4-. The van der Waals surface area contributed by atoms with E-state index in [0.29, 0.717) is 0 Å². The third-order valence-corrected chi connectivity index (χ3v) is 2.68. The number of nitrogens with one attached hydrogen (secondary N) is 1. The number of rotatable bonds is 5. The van der Waals surface area contributed by atoms with Crippen molar-refractivity contribution < 1.29 is 14.8 Å². The van der Waals surface area contributed by atoms with Crippen LogP contribution in [0.25, 0.3) is 0 Å². The van der Waals surface area contributed by atoms with E-state index in [2.05, 4.69) is 15.6 Å². The number of hydrogen-bond donors (Lipinski definition) is 1. The molecule has 0 radical (unpaired) electrons. The van der Waals surface area contributed by atoms with E-state index in [9.17, 15) is 20.0 Å². The highest BCUT2D eigenvalue weighted by molar-refractivity contribution is 5.85. The van der Waals surface area contributed by atoms with Gasteiger partial charge in [-0.15, -0.1) is 0 Å². The van der Waals surface area contributed by atoms with Gasteiger partial charge in [0.1, 0.15) is 6.54 Å². The summed E-state index contributed by atoms with van der Waals surface area (Å²) >= 11 is 0. The first-order valence-corrected chi connectivity index (χ1v) is 6.23. The number of aromatic nitrogens is 2. The summed E-state index contributed by atoms with van der Waals surface area (Å²) in [4.78, 5) is 21.6. The SMILES string of the molecule is Cc1ccn(CC(=O)N/N=C\c2cc([N+](=O)[O-])ccc2[O-])n1. The average Bonchev–Trinajstić information content (AvgIpc) is 2.85. The quantitative estimate of drug-likeness (QED) is 0.483. The molecular weight excluding hydrogens is 290 g/mol. The number of benzene rings is 1. The summed E-state index contributed by atoms with van der Waals surface area (Å²) in [6, 6.07) is 5.03. The zero-order valence-electron chi connectivity index (χ0n) is 11.6. The van der Waals surface area contributed by atoms with Crippen LogP contribution in [-0.2, 0) is 11.3 Å². The second kappa shape index (κ2) is 6.48. The smallest absolute Gasteiger partial charge is 0.270 e. The number of hydrogen-bond acceptors (Lipinski definition) is 6. The monoisotopic (exact) mass is 302 g/mol. The van der Waals surface area contributed by atoms with Crippen LogP contribution >= 0.6 is 0 Å².